The van der Waals surface area contributed by atoms with Gasteiger partial charge in [0.15, 0.2) is 0 Å². The summed E-state index contributed by atoms with van der Waals surface area (Å²) in [5.74, 6) is 0. The van der Waals surface area contributed by atoms with Crippen molar-refractivity contribution in [3.8, 4) is 0 Å². The molecule has 2 heterocycles. The van der Waals surface area contributed by atoms with Gasteiger partial charge in [-0.2, -0.15) is 9.40 Å². The Hall–Kier alpha value is -1.70. The standard InChI is InChI=1S/C17H24N4O2S/c1-14(18)17-9-5-6-10-21(17)24(22,23)16-11-19-20(13-16)12-15-7-3-2-4-8-15/h2-4,7-8,11,13-14,17H,5-6,9-10,12,18H2,1H3/t14-,17+/m0/s1. The summed E-state index contributed by atoms with van der Waals surface area (Å²) in [7, 11) is -3.56. The Morgan fingerprint density at radius 1 is 1.29 bits per heavy atom. The first-order valence-electron chi connectivity index (χ1n) is 8.32. The van der Waals surface area contributed by atoms with Crippen molar-refractivity contribution in [1.82, 2.24) is 14.1 Å². The molecule has 1 aliphatic heterocycles. The Bertz CT molecular complexity index is 771. The zero-order chi connectivity index (χ0) is 17.2. The first-order chi connectivity index (χ1) is 11.5. The van der Waals surface area contributed by atoms with Gasteiger partial charge in [0.1, 0.15) is 4.90 Å². The van der Waals surface area contributed by atoms with E-state index >= 15 is 0 Å². The zero-order valence-corrected chi connectivity index (χ0v) is 14.7. The molecule has 2 atom stereocenters. The number of piperidine rings is 1. The topological polar surface area (TPSA) is 81.2 Å². The van der Waals surface area contributed by atoms with E-state index in [1.807, 2.05) is 37.3 Å². The molecule has 1 aromatic heterocycles. The molecule has 6 nitrogen and oxygen atoms in total. The summed E-state index contributed by atoms with van der Waals surface area (Å²) in [5.41, 5.74) is 7.09. The SMILES string of the molecule is C[C@H](N)[C@H]1CCCCN1S(=O)(=O)c1cnn(Cc2ccccc2)c1. The Morgan fingerprint density at radius 3 is 2.75 bits per heavy atom. The normalized spacial score (nSPS) is 20.8. The molecule has 0 aliphatic carbocycles. The molecule has 7 heteroatoms. The quantitative estimate of drug-likeness (QED) is 0.894. The zero-order valence-electron chi connectivity index (χ0n) is 13.9. The van der Waals surface area contributed by atoms with Crippen LogP contribution in [0, 0.1) is 0 Å². The van der Waals surface area contributed by atoms with Gasteiger partial charge in [-0.3, -0.25) is 4.68 Å². The van der Waals surface area contributed by atoms with Crippen LogP contribution in [0.2, 0.25) is 0 Å². The van der Waals surface area contributed by atoms with Gasteiger partial charge < -0.3 is 5.73 Å². The van der Waals surface area contributed by atoms with Crippen LogP contribution < -0.4 is 5.73 Å². The van der Waals surface area contributed by atoms with Crippen molar-refractivity contribution in [2.75, 3.05) is 6.54 Å². The van der Waals surface area contributed by atoms with Crippen molar-refractivity contribution >= 4 is 10.0 Å². The number of nitrogens with zero attached hydrogens (tertiary/aromatic N) is 3. The second-order valence-electron chi connectivity index (χ2n) is 6.40. The number of sulfonamides is 1. The molecule has 3 rings (SSSR count). The van der Waals surface area contributed by atoms with Crippen LogP contribution in [-0.4, -0.2) is 41.1 Å². The predicted molar refractivity (Wildman–Crippen MR) is 93.0 cm³/mol. The number of nitrogens with two attached hydrogens (primary N) is 1. The fourth-order valence-electron chi connectivity index (χ4n) is 3.22. The highest BCUT2D eigenvalue weighted by Gasteiger charge is 2.35. The third kappa shape index (κ3) is 3.53. The molecule has 1 aromatic carbocycles. The fourth-order valence-corrected chi connectivity index (χ4v) is 4.95. The Labute approximate surface area is 143 Å². The predicted octanol–water partition coefficient (Wildman–Crippen LogP) is 1.82. The molecule has 24 heavy (non-hydrogen) atoms. The van der Waals surface area contributed by atoms with Gasteiger partial charge >= 0.3 is 0 Å². The van der Waals surface area contributed by atoms with Crippen LogP contribution in [0.4, 0.5) is 0 Å². The van der Waals surface area contributed by atoms with Crippen LogP contribution in [0.5, 0.6) is 0 Å². The van der Waals surface area contributed by atoms with Crippen LogP contribution in [0.25, 0.3) is 0 Å². The molecular formula is C17H24N4O2S. The maximum Gasteiger partial charge on any atom is 0.246 e. The highest BCUT2D eigenvalue weighted by Crippen LogP contribution is 2.26. The Balaban J connectivity index is 1.82. The molecule has 130 valence electrons. The summed E-state index contributed by atoms with van der Waals surface area (Å²) < 4.78 is 29.2. The van der Waals surface area contributed by atoms with Crippen molar-refractivity contribution in [1.29, 1.82) is 0 Å². The number of benzene rings is 1. The maximum absolute atomic E-state index is 13.0. The van der Waals surface area contributed by atoms with Crippen molar-refractivity contribution in [3.63, 3.8) is 0 Å². The molecule has 0 spiro atoms. The van der Waals surface area contributed by atoms with Gasteiger partial charge in [0.25, 0.3) is 0 Å². The first-order valence-corrected chi connectivity index (χ1v) is 9.76. The van der Waals surface area contributed by atoms with Gasteiger partial charge in [0.2, 0.25) is 10.0 Å². The molecule has 2 N–H and O–H groups in total. The minimum Gasteiger partial charge on any atom is -0.326 e. The molecule has 2 aromatic rings. The molecule has 0 radical (unpaired) electrons. The van der Waals surface area contributed by atoms with E-state index in [0.717, 1.165) is 24.8 Å². The van der Waals surface area contributed by atoms with E-state index in [1.54, 1.807) is 15.2 Å². The van der Waals surface area contributed by atoms with E-state index in [-0.39, 0.29) is 17.0 Å². The average Bonchev–Trinajstić information content (AvgIpc) is 3.05. The minimum atomic E-state index is -3.56. The molecule has 0 bridgehead atoms. The lowest BCUT2D eigenvalue weighted by atomic mass is 10.00. The van der Waals surface area contributed by atoms with Crippen LogP contribution >= 0.6 is 0 Å². The van der Waals surface area contributed by atoms with E-state index < -0.39 is 10.0 Å². The molecular weight excluding hydrogens is 324 g/mol. The summed E-state index contributed by atoms with van der Waals surface area (Å²) in [6, 6.07) is 9.53. The number of hydrogen-bond acceptors (Lipinski definition) is 4. The number of rotatable bonds is 5. The monoisotopic (exact) mass is 348 g/mol. The second kappa shape index (κ2) is 7.04. The van der Waals surface area contributed by atoms with Crippen molar-refractivity contribution < 1.29 is 8.42 Å². The van der Waals surface area contributed by atoms with Crippen LogP contribution in [0.15, 0.2) is 47.6 Å². The van der Waals surface area contributed by atoms with E-state index in [2.05, 4.69) is 5.10 Å². The van der Waals surface area contributed by atoms with Gasteiger partial charge in [-0.25, -0.2) is 8.42 Å². The maximum atomic E-state index is 13.0. The van der Waals surface area contributed by atoms with E-state index in [1.165, 1.54) is 6.20 Å². The van der Waals surface area contributed by atoms with Gasteiger partial charge in [0.05, 0.1) is 12.7 Å². The summed E-state index contributed by atoms with van der Waals surface area (Å²) in [6.45, 7) is 2.95. The van der Waals surface area contributed by atoms with Gasteiger partial charge in [0, 0.05) is 24.8 Å². The summed E-state index contributed by atoms with van der Waals surface area (Å²) in [4.78, 5) is 0.242. The van der Waals surface area contributed by atoms with Crippen LogP contribution in [0.1, 0.15) is 31.7 Å². The lowest BCUT2D eigenvalue weighted by molar-refractivity contribution is 0.227. The summed E-state index contributed by atoms with van der Waals surface area (Å²) in [6.07, 6.45) is 5.75. The summed E-state index contributed by atoms with van der Waals surface area (Å²) >= 11 is 0. The average molecular weight is 348 g/mol. The van der Waals surface area contributed by atoms with Crippen LogP contribution in [0.3, 0.4) is 0 Å². The van der Waals surface area contributed by atoms with Gasteiger partial charge in [-0.1, -0.05) is 36.8 Å². The van der Waals surface area contributed by atoms with Crippen LogP contribution in [-0.2, 0) is 16.6 Å². The molecule has 0 saturated carbocycles. The lowest BCUT2D eigenvalue weighted by Gasteiger charge is -2.36. The molecule has 0 amide bonds. The number of hydrogen-bond donors (Lipinski definition) is 1. The highest BCUT2D eigenvalue weighted by atomic mass is 32.2. The third-order valence-electron chi connectivity index (χ3n) is 4.51. The Morgan fingerprint density at radius 2 is 2.04 bits per heavy atom. The fraction of sp³-hybridized carbons (Fsp3) is 0.471. The van der Waals surface area contributed by atoms with Crippen molar-refractivity contribution in [3.05, 3.63) is 48.3 Å². The first kappa shape index (κ1) is 17.1. The van der Waals surface area contributed by atoms with Gasteiger partial charge in [-0.05, 0) is 25.3 Å². The van der Waals surface area contributed by atoms with Gasteiger partial charge in [-0.15, -0.1) is 0 Å². The van der Waals surface area contributed by atoms with E-state index in [4.69, 9.17) is 5.73 Å². The minimum absolute atomic E-state index is 0.138. The van der Waals surface area contributed by atoms with E-state index in [0.29, 0.717) is 13.1 Å². The van der Waals surface area contributed by atoms with E-state index in [9.17, 15) is 8.42 Å². The van der Waals surface area contributed by atoms with Crippen molar-refractivity contribution in [2.45, 2.75) is 49.7 Å². The second-order valence-corrected chi connectivity index (χ2v) is 8.29. The lowest BCUT2D eigenvalue weighted by Crippen LogP contribution is -2.51. The third-order valence-corrected chi connectivity index (χ3v) is 6.39. The number of aromatic nitrogens is 2. The molecule has 1 aliphatic rings. The molecule has 1 saturated heterocycles. The summed E-state index contributed by atoms with van der Waals surface area (Å²) in [5, 5.41) is 4.22. The molecule has 1 fully saturated rings. The smallest absolute Gasteiger partial charge is 0.246 e. The molecule has 0 unspecified atom stereocenters. The Kier molecular flexibility index (Phi) is 5.03. The highest BCUT2D eigenvalue weighted by molar-refractivity contribution is 7.89. The van der Waals surface area contributed by atoms with Crippen molar-refractivity contribution in [2.24, 2.45) is 5.73 Å². The largest absolute Gasteiger partial charge is 0.326 e.